The summed E-state index contributed by atoms with van der Waals surface area (Å²) in [6.07, 6.45) is 0.474. The number of halogens is 3. The molecule has 2 aliphatic heterocycles. The van der Waals surface area contributed by atoms with Crippen LogP contribution in [0.1, 0.15) is 54.6 Å². The topological polar surface area (TPSA) is 123 Å². The van der Waals surface area contributed by atoms with Crippen molar-refractivity contribution in [3.05, 3.63) is 87.2 Å². The number of carbonyl (C=O) groups is 3. The molecule has 3 aromatic rings. The highest BCUT2D eigenvalue weighted by Crippen LogP contribution is 2.57. The number of methoxy groups -OCH3 is 1. The molecule has 2 aliphatic rings. The van der Waals surface area contributed by atoms with Gasteiger partial charge in [0.25, 0.3) is 0 Å². The second kappa shape index (κ2) is 10.9. The van der Waals surface area contributed by atoms with Crippen LogP contribution in [0.25, 0.3) is 0 Å². The van der Waals surface area contributed by atoms with Gasteiger partial charge >= 0.3 is 0 Å². The van der Waals surface area contributed by atoms with Crippen LogP contribution in [-0.4, -0.2) is 36.9 Å². The van der Waals surface area contributed by atoms with Gasteiger partial charge in [0.05, 0.1) is 23.9 Å². The third kappa shape index (κ3) is 4.99. The van der Waals surface area contributed by atoms with Crippen molar-refractivity contribution >= 4 is 52.3 Å². The van der Waals surface area contributed by atoms with E-state index in [0.29, 0.717) is 22.7 Å². The van der Waals surface area contributed by atoms with Crippen molar-refractivity contribution in [3.8, 4) is 5.75 Å². The van der Waals surface area contributed by atoms with Gasteiger partial charge in [-0.25, -0.2) is 4.39 Å². The number of hydrogen-bond acceptors (Lipinski definition) is 5. The molecule has 4 atom stereocenters. The van der Waals surface area contributed by atoms with Crippen LogP contribution in [0.5, 0.6) is 5.75 Å². The number of anilines is 2. The number of amides is 3. The zero-order chi connectivity index (χ0) is 30.6. The first-order valence-corrected chi connectivity index (χ1v) is 14.1. The maximum atomic E-state index is 15.9. The predicted octanol–water partition coefficient (Wildman–Crippen LogP) is 5.63. The van der Waals surface area contributed by atoms with Gasteiger partial charge in [0.15, 0.2) is 0 Å². The molecule has 1 fully saturated rings. The van der Waals surface area contributed by atoms with Crippen molar-refractivity contribution in [1.82, 2.24) is 5.32 Å². The molecule has 0 aromatic heterocycles. The van der Waals surface area contributed by atoms with Gasteiger partial charge in [0.1, 0.15) is 17.0 Å². The first-order chi connectivity index (χ1) is 19.8. The molecule has 11 heteroatoms. The third-order valence-electron chi connectivity index (χ3n) is 7.96. The zero-order valence-electron chi connectivity index (χ0n) is 23.5. The van der Waals surface area contributed by atoms with Crippen molar-refractivity contribution in [2.75, 3.05) is 17.7 Å². The Morgan fingerprint density at radius 1 is 1.12 bits per heavy atom. The fraction of sp³-hybridized carbons (Fsp3) is 0.323. The lowest BCUT2D eigenvalue weighted by atomic mass is 9.62. The summed E-state index contributed by atoms with van der Waals surface area (Å²) in [5.74, 6) is -3.07. The minimum absolute atomic E-state index is 0.125. The molecular formula is C31H31Cl2FN4O4. The lowest BCUT2D eigenvalue weighted by Gasteiger charge is -2.37. The summed E-state index contributed by atoms with van der Waals surface area (Å²) >= 11 is 12.5. The molecular weight excluding hydrogens is 582 g/mol. The third-order valence-corrected chi connectivity index (χ3v) is 8.49. The molecule has 3 amide bonds. The lowest BCUT2D eigenvalue weighted by molar-refractivity contribution is -0.122. The minimum Gasteiger partial charge on any atom is -0.495 e. The van der Waals surface area contributed by atoms with Gasteiger partial charge in [-0.2, -0.15) is 0 Å². The zero-order valence-corrected chi connectivity index (χ0v) is 25.0. The van der Waals surface area contributed by atoms with Gasteiger partial charge < -0.3 is 26.4 Å². The van der Waals surface area contributed by atoms with Crippen LogP contribution in [0.2, 0.25) is 10.0 Å². The van der Waals surface area contributed by atoms with Crippen LogP contribution in [0.15, 0.2) is 54.6 Å². The molecule has 5 rings (SSSR count). The fourth-order valence-electron chi connectivity index (χ4n) is 6.31. The van der Waals surface area contributed by atoms with E-state index in [2.05, 4.69) is 16.0 Å². The summed E-state index contributed by atoms with van der Waals surface area (Å²) < 4.78 is 21.3. The number of primary amides is 1. The van der Waals surface area contributed by atoms with E-state index in [1.807, 2.05) is 20.8 Å². The Hall–Kier alpha value is -3.66. The number of nitrogens with two attached hydrogens (primary N) is 1. The maximum absolute atomic E-state index is 15.9. The van der Waals surface area contributed by atoms with Crippen molar-refractivity contribution < 1.29 is 23.5 Å². The van der Waals surface area contributed by atoms with E-state index in [-0.39, 0.29) is 38.9 Å². The number of ether oxygens (including phenoxy) is 1. The van der Waals surface area contributed by atoms with Gasteiger partial charge in [-0.15, -0.1) is 0 Å². The van der Waals surface area contributed by atoms with E-state index in [9.17, 15) is 14.4 Å². The molecule has 5 N–H and O–H groups in total. The molecule has 220 valence electrons. The second-order valence-corrected chi connectivity index (χ2v) is 12.7. The van der Waals surface area contributed by atoms with E-state index < -0.39 is 41.0 Å². The smallest absolute Gasteiger partial charge is 0.248 e. The molecule has 0 saturated carbocycles. The Labute approximate surface area is 253 Å². The molecule has 42 heavy (non-hydrogen) atoms. The molecule has 1 spiro atoms. The number of nitrogens with one attached hydrogen (secondary N) is 3. The largest absolute Gasteiger partial charge is 0.495 e. The highest BCUT2D eigenvalue weighted by molar-refractivity contribution is 6.31. The van der Waals surface area contributed by atoms with Crippen LogP contribution in [0, 0.1) is 11.2 Å². The lowest BCUT2D eigenvalue weighted by Crippen LogP contribution is -2.49. The Balaban J connectivity index is 1.70. The Morgan fingerprint density at radius 3 is 2.52 bits per heavy atom. The van der Waals surface area contributed by atoms with E-state index in [1.54, 1.807) is 30.3 Å². The summed E-state index contributed by atoms with van der Waals surface area (Å²) in [7, 11) is 1.40. The van der Waals surface area contributed by atoms with E-state index in [0.717, 1.165) is 0 Å². The fourth-order valence-corrected chi connectivity index (χ4v) is 6.66. The number of carbonyl (C=O) groups excluding carboxylic acids is 3. The Bertz CT molecular complexity index is 1610. The second-order valence-electron chi connectivity index (χ2n) is 11.9. The first-order valence-electron chi connectivity index (χ1n) is 13.4. The van der Waals surface area contributed by atoms with Crippen molar-refractivity contribution in [3.63, 3.8) is 0 Å². The van der Waals surface area contributed by atoms with Crippen molar-refractivity contribution in [1.29, 1.82) is 0 Å². The number of rotatable bonds is 6. The quantitative estimate of drug-likeness (QED) is 0.287. The van der Waals surface area contributed by atoms with Crippen molar-refractivity contribution in [2.45, 2.75) is 50.6 Å². The summed E-state index contributed by atoms with van der Waals surface area (Å²) in [5.41, 5.74) is 5.45. The van der Waals surface area contributed by atoms with Gasteiger partial charge in [0.2, 0.25) is 17.7 Å². The molecule has 8 nitrogen and oxygen atoms in total. The van der Waals surface area contributed by atoms with Gasteiger partial charge in [-0.3, -0.25) is 14.4 Å². The normalized spacial score (nSPS) is 23.0. The number of hydrogen-bond donors (Lipinski definition) is 4. The molecule has 0 bridgehead atoms. The predicted molar refractivity (Wildman–Crippen MR) is 161 cm³/mol. The van der Waals surface area contributed by atoms with Crippen LogP contribution in [-0.2, 0) is 15.0 Å². The van der Waals surface area contributed by atoms with Crippen LogP contribution < -0.4 is 26.4 Å². The van der Waals surface area contributed by atoms with E-state index in [1.165, 1.54) is 31.4 Å². The maximum Gasteiger partial charge on any atom is 0.248 e. The number of benzene rings is 3. The molecule has 1 saturated heterocycles. The van der Waals surface area contributed by atoms with Gasteiger partial charge in [-0.05, 0) is 59.4 Å². The summed E-state index contributed by atoms with van der Waals surface area (Å²) in [6.45, 7) is 6.10. The first kappa shape index (κ1) is 29.8. The average Bonchev–Trinajstić information content (AvgIpc) is 3.39. The van der Waals surface area contributed by atoms with Gasteiger partial charge in [-0.1, -0.05) is 62.2 Å². The molecule has 3 aromatic carbocycles. The SMILES string of the molecule is COc1cc(C(N)=O)ccc1NC(=O)[C@@H]1N[C@@H](CC(C)(C)C)[C@@]2(C(=O)Nc3cc(Cl)ccc32)[C@H]1c1cccc(Cl)c1F. The summed E-state index contributed by atoms with van der Waals surface area (Å²) in [4.78, 5) is 40.1. The van der Waals surface area contributed by atoms with Crippen molar-refractivity contribution in [2.24, 2.45) is 11.1 Å². The van der Waals surface area contributed by atoms with Crippen LogP contribution in [0.3, 0.4) is 0 Å². The molecule has 2 heterocycles. The van der Waals surface area contributed by atoms with E-state index >= 15 is 4.39 Å². The van der Waals surface area contributed by atoms with Crippen LogP contribution >= 0.6 is 23.2 Å². The average molecular weight is 614 g/mol. The molecule has 0 unspecified atom stereocenters. The minimum atomic E-state index is -1.39. The molecule has 0 aliphatic carbocycles. The van der Waals surface area contributed by atoms with Crippen LogP contribution in [0.4, 0.5) is 15.8 Å². The Kier molecular flexibility index (Phi) is 7.72. The highest BCUT2D eigenvalue weighted by Gasteiger charge is 2.66. The molecule has 0 radical (unpaired) electrons. The monoisotopic (exact) mass is 612 g/mol. The Morgan fingerprint density at radius 2 is 1.86 bits per heavy atom. The van der Waals surface area contributed by atoms with Gasteiger partial charge in [0, 0.05) is 28.2 Å². The summed E-state index contributed by atoms with van der Waals surface area (Å²) in [5, 5.41) is 9.52. The van der Waals surface area contributed by atoms with E-state index in [4.69, 9.17) is 33.7 Å². The highest BCUT2D eigenvalue weighted by atomic mass is 35.5. The number of fused-ring (bicyclic) bond motifs is 2. The standard InChI is InChI=1S/C31H31Cl2FN4O4/c1-30(2,3)14-23-31(18-10-9-16(32)13-21(18)37-29(31)41)24(17-6-5-7-19(33)25(17)34)26(38-23)28(40)36-20-11-8-15(27(35)39)12-22(20)42-4/h5-13,23-24,26,38H,14H2,1-4H3,(H2,35,39)(H,36,40)(H,37,41)/t23-,24-,26+,31+/m0/s1. The summed E-state index contributed by atoms with van der Waals surface area (Å²) in [6, 6.07) is 12.4.